The van der Waals surface area contributed by atoms with Crippen molar-refractivity contribution in [2.45, 2.75) is 26.6 Å². The number of aromatic nitrogens is 2. The van der Waals surface area contributed by atoms with Gasteiger partial charge in [-0.05, 0) is 25.1 Å². The second-order valence-electron chi connectivity index (χ2n) is 6.41. The number of nitrogens with zero attached hydrogens (tertiary/aromatic N) is 3. The van der Waals surface area contributed by atoms with Gasteiger partial charge in [-0.15, -0.1) is 0 Å². The molecular formula is C21H25F2N5O2. The number of para-hydroxylation sites is 3. The summed E-state index contributed by atoms with van der Waals surface area (Å²) in [4.78, 5) is 8.80. The summed E-state index contributed by atoms with van der Waals surface area (Å²) >= 11 is 0. The van der Waals surface area contributed by atoms with E-state index >= 15 is 0 Å². The Balaban J connectivity index is 1.68. The third-order valence-corrected chi connectivity index (χ3v) is 4.53. The lowest BCUT2D eigenvalue weighted by Crippen LogP contribution is -2.37. The highest BCUT2D eigenvalue weighted by atomic mass is 19.3. The number of guanidine groups is 1. The minimum Gasteiger partial charge on any atom is -0.490 e. The van der Waals surface area contributed by atoms with Crippen LogP contribution in [0.4, 0.5) is 8.78 Å². The second-order valence-corrected chi connectivity index (χ2v) is 6.41. The molecule has 0 saturated heterocycles. The molecule has 0 radical (unpaired) electrons. The van der Waals surface area contributed by atoms with Crippen LogP contribution in [0.3, 0.4) is 0 Å². The second kappa shape index (κ2) is 9.91. The van der Waals surface area contributed by atoms with E-state index in [1.54, 1.807) is 32.2 Å². The molecule has 30 heavy (non-hydrogen) atoms. The van der Waals surface area contributed by atoms with Crippen LogP contribution in [0.2, 0.25) is 0 Å². The number of fused-ring (bicyclic) bond motifs is 1. The van der Waals surface area contributed by atoms with Crippen molar-refractivity contribution < 1.29 is 18.3 Å². The molecule has 3 aromatic rings. The van der Waals surface area contributed by atoms with Gasteiger partial charge in [0.2, 0.25) is 0 Å². The molecule has 1 aromatic heterocycles. The first-order chi connectivity index (χ1) is 14.5. The lowest BCUT2D eigenvalue weighted by Gasteiger charge is -2.17. The van der Waals surface area contributed by atoms with Crippen molar-refractivity contribution in [1.82, 2.24) is 20.2 Å². The molecule has 7 nitrogen and oxygen atoms in total. The Hall–Kier alpha value is -3.36. The van der Waals surface area contributed by atoms with Gasteiger partial charge >= 0.3 is 6.61 Å². The Morgan fingerprint density at radius 3 is 2.60 bits per heavy atom. The summed E-state index contributed by atoms with van der Waals surface area (Å²) in [5.74, 6) is 1.65. The molecule has 0 saturated carbocycles. The summed E-state index contributed by atoms with van der Waals surface area (Å²) in [5.41, 5.74) is 2.49. The highest BCUT2D eigenvalue weighted by molar-refractivity contribution is 5.80. The fourth-order valence-corrected chi connectivity index (χ4v) is 3.11. The Kier molecular flexibility index (Phi) is 7.05. The van der Waals surface area contributed by atoms with Crippen molar-refractivity contribution in [3.63, 3.8) is 0 Å². The van der Waals surface area contributed by atoms with E-state index in [0.29, 0.717) is 24.7 Å². The zero-order valence-corrected chi connectivity index (χ0v) is 17.2. The summed E-state index contributed by atoms with van der Waals surface area (Å²) in [6.07, 6.45) is 0. The number of aryl methyl sites for hydroxylation is 1. The maximum atomic E-state index is 12.9. The van der Waals surface area contributed by atoms with Crippen LogP contribution in [-0.4, -0.2) is 35.8 Å². The molecule has 2 aromatic carbocycles. The summed E-state index contributed by atoms with van der Waals surface area (Å²) in [5, 5.41) is 6.31. The van der Waals surface area contributed by atoms with E-state index in [0.717, 1.165) is 16.9 Å². The zero-order chi connectivity index (χ0) is 21.5. The van der Waals surface area contributed by atoms with Crippen LogP contribution in [-0.2, 0) is 20.1 Å². The fourth-order valence-electron chi connectivity index (χ4n) is 3.11. The topological polar surface area (TPSA) is 72.7 Å². The van der Waals surface area contributed by atoms with Crippen LogP contribution in [0.5, 0.6) is 11.5 Å². The minimum absolute atomic E-state index is 0.0210. The number of ether oxygens (including phenoxy) is 2. The molecule has 0 fully saturated rings. The monoisotopic (exact) mass is 417 g/mol. The van der Waals surface area contributed by atoms with E-state index in [2.05, 4.69) is 20.6 Å². The molecule has 0 unspecified atom stereocenters. The molecule has 9 heteroatoms. The van der Waals surface area contributed by atoms with E-state index in [9.17, 15) is 8.78 Å². The Labute approximate surface area is 173 Å². The lowest BCUT2D eigenvalue weighted by molar-refractivity contribution is -0.0520. The molecule has 2 N–H and O–H groups in total. The highest BCUT2D eigenvalue weighted by Crippen LogP contribution is 2.32. The van der Waals surface area contributed by atoms with Crippen molar-refractivity contribution >= 4 is 17.0 Å². The SMILES string of the molecule is CCOc1cccc(CNC(=NC)NCc2nc3ccccc3n2C)c1OC(F)F. The molecule has 0 spiro atoms. The maximum Gasteiger partial charge on any atom is 0.387 e. The number of nitrogens with one attached hydrogen (secondary N) is 2. The number of hydrogen-bond acceptors (Lipinski definition) is 4. The number of alkyl halides is 2. The van der Waals surface area contributed by atoms with Crippen molar-refractivity contribution in [2.24, 2.45) is 12.0 Å². The highest BCUT2D eigenvalue weighted by Gasteiger charge is 2.16. The van der Waals surface area contributed by atoms with Gasteiger partial charge in [0.15, 0.2) is 17.5 Å². The maximum absolute atomic E-state index is 12.9. The van der Waals surface area contributed by atoms with Gasteiger partial charge in [-0.25, -0.2) is 4.98 Å². The van der Waals surface area contributed by atoms with Crippen LogP contribution in [0.25, 0.3) is 11.0 Å². The van der Waals surface area contributed by atoms with E-state index in [1.807, 2.05) is 35.9 Å². The van der Waals surface area contributed by atoms with Crippen molar-refractivity contribution in [3.8, 4) is 11.5 Å². The predicted octanol–water partition coefficient (Wildman–Crippen LogP) is 3.44. The van der Waals surface area contributed by atoms with Crippen molar-refractivity contribution in [3.05, 3.63) is 53.9 Å². The van der Waals surface area contributed by atoms with Crippen LogP contribution in [0, 0.1) is 0 Å². The Bertz CT molecular complexity index is 1020. The van der Waals surface area contributed by atoms with Gasteiger partial charge in [-0.3, -0.25) is 4.99 Å². The minimum atomic E-state index is -2.94. The first kappa shape index (κ1) is 21.4. The third-order valence-electron chi connectivity index (χ3n) is 4.53. The number of halogens is 2. The summed E-state index contributed by atoms with van der Waals surface area (Å²) < 4.78 is 37.9. The molecular weight excluding hydrogens is 392 g/mol. The first-order valence-corrected chi connectivity index (χ1v) is 9.57. The molecule has 0 aliphatic rings. The van der Waals surface area contributed by atoms with Gasteiger partial charge in [0.1, 0.15) is 5.82 Å². The van der Waals surface area contributed by atoms with Gasteiger partial charge < -0.3 is 24.7 Å². The van der Waals surface area contributed by atoms with Crippen LogP contribution in [0.15, 0.2) is 47.5 Å². The first-order valence-electron chi connectivity index (χ1n) is 9.57. The average Bonchev–Trinajstić information content (AvgIpc) is 3.06. The molecule has 0 atom stereocenters. The molecule has 3 rings (SSSR count). The molecule has 160 valence electrons. The van der Waals surface area contributed by atoms with Crippen LogP contribution < -0.4 is 20.1 Å². The van der Waals surface area contributed by atoms with Crippen LogP contribution in [0.1, 0.15) is 18.3 Å². The predicted molar refractivity (Wildman–Crippen MR) is 112 cm³/mol. The fraction of sp³-hybridized carbons (Fsp3) is 0.333. The summed E-state index contributed by atoms with van der Waals surface area (Å²) in [7, 11) is 3.59. The lowest BCUT2D eigenvalue weighted by atomic mass is 10.2. The average molecular weight is 417 g/mol. The molecule has 0 aliphatic heterocycles. The van der Waals surface area contributed by atoms with Gasteiger partial charge in [0, 0.05) is 26.2 Å². The Morgan fingerprint density at radius 2 is 1.90 bits per heavy atom. The largest absolute Gasteiger partial charge is 0.490 e. The molecule has 0 aliphatic carbocycles. The number of rotatable bonds is 8. The van der Waals surface area contributed by atoms with Crippen molar-refractivity contribution in [2.75, 3.05) is 13.7 Å². The van der Waals surface area contributed by atoms with E-state index < -0.39 is 6.61 Å². The van der Waals surface area contributed by atoms with Gasteiger partial charge in [-0.1, -0.05) is 24.3 Å². The van der Waals surface area contributed by atoms with Crippen molar-refractivity contribution in [1.29, 1.82) is 0 Å². The van der Waals surface area contributed by atoms with E-state index in [-0.39, 0.29) is 18.0 Å². The summed E-state index contributed by atoms with van der Waals surface area (Å²) in [6, 6.07) is 12.9. The van der Waals surface area contributed by atoms with Gasteiger partial charge in [0.25, 0.3) is 0 Å². The molecule has 0 amide bonds. The standard InChI is InChI=1S/C21H25F2N5O2/c1-4-29-17-11-7-8-14(19(17)30-20(22)23)12-25-21(24-2)26-13-18-27-15-9-5-6-10-16(15)28(18)3/h5-11,20H,4,12-13H2,1-3H3,(H2,24,25,26). The van der Waals surface area contributed by atoms with Gasteiger partial charge in [0.05, 0.1) is 24.2 Å². The van der Waals surface area contributed by atoms with Crippen LogP contribution >= 0.6 is 0 Å². The zero-order valence-electron chi connectivity index (χ0n) is 17.2. The smallest absolute Gasteiger partial charge is 0.387 e. The number of imidazole rings is 1. The van der Waals surface area contributed by atoms with E-state index in [4.69, 9.17) is 9.47 Å². The number of benzene rings is 2. The quantitative estimate of drug-likeness (QED) is 0.434. The van der Waals surface area contributed by atoms with E-state index in [1.165, 1.54) is 0 Å². The Morgan fingerprint density at radius 1 is 1.13 bits per heavy atom. The molecule has 1 heterocycles. The molecule has 0 bridgehead atoms. The third kappa shape index (κ3) is 4.97. The summed E-state index contributed by atoms with van der Waals surface area (Å²) in [6.45, 7) is -0.142. The number of aliphatic imine (C=N–C) groups is 1. The van der Waals surface area contributed by atoms with Gasteiger partial charge in [-0.2, -0.15) is 8.78 Å². The normalized spacial score (nSPS) is 11.7. The number of hydrogen-bond donors (Lipinski definition) is 2.